The van der Waals surface area contributed by atoms with Crippen LogP contribution in [0.15, 0.2) is 48.5 Å². The van der Waals surface area contributed by atoms with Gasteiger partial charge in [0.2, 0.25) is 5.91 Å². The number of carbonyl (C=O) groups is 1. The van der Waals surface area contributed by atoms with Crippen LogP contribution in [0.4, 0.5) is 5.13 Å². The predicted octanol–water partition coefficient (Wildman–Crippen LogP) is 4.43. The van der Waals surface area contributed by atoms with Crippen LogP contribution in [-0.2, 0) is 17.6 Å². The maximum Gasteiger partial charge on any atom is 0.226 e. The molecule has 0 radical (unpaired) electrons. The zero-order valence-corrected chi connectivity index (χ0v) is 13.3. The van der Waals surface area contributed by atoms with Crippen molar-refractivity contribution in [3.63, 3.8) is 0 Å². The number of anilines is 1. The first-order valence-electron chi connectivity index (χ1n) is 7.48. The Labute approximate surface area is 134 Å². The van der Waals surface area contributed by atoms with Gasteiger partial charge in [-0.05, 0) is 36.1 Å². The molecule has 1 N–H and O–H groups in total. The summed E-state index contributed by atoms with van der Waals surface area (Å²) in [6, 6.07) is 16.3. The van der Waals surface area contributed by atoms with Gasteiger partial charge in [-0.15, -0.1) is 0 Å². The molecule has 0 saturated heterocycles. The van der Waals surface area contributed by atoms with E-state index in [2.05, 4.69) is 29.4 Å². The molecule has 0 fully saturated rings. The Kier molecular flexibility index (Phi) is 4.49. The van der Waals surface area contributed by atoms with Crippen LogP contribution < -0.4 is 5.32 Å². The normalized spacial score (nSPS) is 10.8. The van der Waals surface area contributed by atoms with E-state index in [-0.39, 0.29) is 5.91 Å². The fraction of sp³-hybridized carbons (Fsp3) is 0.222. The first-order chi connectivity index (χ1) is 10.7. The van der Waals surface area contributed by atoms with Gasteiger partial charge in [-0.25, -0.2) is 4.98 Å². The topological polar surface area (TPSA) is 42.0 Å². The van der Waals surface area contributed by atoms with Gasteiger partial charge in [0, 0.05) is 6.42 Å². The summed E-state index contributed by atoms with van der Waals surface area (Å²) in [6.07, 6.45) is 2.23. The lowest BCUT2D eigenvalue weighted by atomic mass is 10.1. The summed E-state index contributed by atoms with van der Waals surface area (Å²) in [4.78, 5) is 16.5. The highest BCUT2D eigenvalue weighted by Gasteiger charge is 2.08. The van der Waals surface area contributed by atoms with E-state index < -0.39 is 0 Å². The summed E-state index contributed by atoms with van der Waals surface area (Å²) in [6.45, 7) is 2.13. The molecule has 3 aromatic rings. The SMILES string of the molecule is CCc1ccc2nc(NC(=O)CCc3ccccc3)sc2c1. The lowest BCUT2D eigenvalue weighted by Gasteiger charge is -2.01. The molecule has 22 heavy (non-hydrogen) atoms. The summed E-state index contributed by atoms with van der Waals surface area (Å²) in [5.74, 6) is 0.0126. The Hall–Kier alpha value is -2.20. The van der Waals surface area contributed by atoms with Crippen LogP contribution in [0.2, 0.25) is 0 Å². The number of nitrogens with zero attached hydrogens (tertiary/aromatic N) is 1. The average Bonchev–Trinajstić information content (AvgIpc) is 2.95. The third-order valence-electron chi connectivity index (χ3n) is 3.59. The molecule has 1 aromatic heterocycles. The lowest BCUT2D eigenvalue weighted by molar-refractivity contribution is -0.116. The molecule has 0 atom stereocenters. The molecule has 0 aliphatic heterocycles. The molecule has 0 unspecified atom stereocenters. The molecular weight excluding hydrogens is 292 g/mol. The number of aromatic nitrogens is 1. The molecule has 0 spiro atoms. The number of fused-ring (bicyclic) bond motifs is 1. The number of hydrogen-bond acceptors (Lipinski definition) is 3. The van der Waals surface area contributed by atoms with Gasteiger partial charge in [0.05, 0.1) is 10.2 Å². The van der Waals surface area contributed by atoms with Crippen LogP contribution >= 0.6 is 11.3 Å². The molecule has 2 aromatic carbocycles. The first kappa shape index (κ1) is 14.7. The number of nitrogens with one attached hydrogen (secondary N) is 1. The van der Waals surface area contributed by atoms with Gasteiger partial charge < -0.3 is 5.32 Å². The smallest absolute Gasteiger partial charge is 0.226 e. The molecule has 1 heterocycles. The average molecular weight is 310 g/mol. The van der Waals surface area contributed by atoms with E-state index in [1.165, 1.54) is 22.5 Å². The second-order valence-electron chi connectivity index (χ2n) is 5.21. The number of aryl methyl sites for hydroxylation is 2. The Morgan fingerprint density at radius 3 is 2.73 bits per heavy atom. The van der Waals surface area contributed by atoms with Gasteiger partial charge in [0.25, 0.3) is 0 Å². The highest BCUT2D eigenvalue weighted by molar-refractivity contribution is 7.22. The number of thiazole rings is 1. The van der Waals surface area contributed by atoms with E-state index in [1.54, 1.807) is 0 Å². The number of rotatable bonds is 5. The van der Waals surface area contributed by atoms with Gasteiger partial charge in [0.1, 0.15) is 0 Å². The maximum absolute atomic E-state index is 12.0. The Bertz CT molecular complexity index is 780. The second-order valence-corrected chi connectivity index (χ2v) is 6.24. The van der Waals surface area contributed by atoms with Crippen molar-refractivity contribution in [3.8, 4) is 0 Å². The minimum Gasteiger partial charge on any atom is -0.302 e. The van der Waals surface area contributed by atoms with Crippen LogP contribution in [0.5, 0.6) is 0 Å². The molecule has 1 amide bonds. The quantitative estimate of drug-likeness (QED) is 0.757. The third kappa shape index (κ3) is 3.52. The molecule has 112 valence electrons. The van der Waals surface area contributed by atoms with E-state index in [0.717, 1.165) is 23.1 Å². The van der Waals surface area contributed by atoms with E-state index in [1.807, 2.05) is 36.4 Å². The highest BCUT2D eigenvalue weighted by Crippen LogP contribution is 2.27. The Balaban J connectivity index is 1.63. The third-order valence-corrected chi connectivity index (χ3v) is 4.52. The van der Waals surface area contributed by atoms with Gasteiger partial charge >= 0.3 is 0 Å². The van der Waals surface area contributed by atoms with Crippen molar-refractivity contribution in [1.82, 2.24) is 4.98 Å². The fourth-order valence-electron chi connectivity index (χ4n) is 2.33. The summed E-state index contributed by atoms with van der Waals surface area (Å²) in [7, 11) is 0. The summed E-state index contributed by atoms with van der Waals surface area (Å²) >= 11 is 1.53. The van der Waals surface area contributed by atoms with Crippen molar-refractivity contribution < 1.29 is 4.79 Å². The van der Waals surface area contributed by atoms with Crippen molar-refractivity contribution in [1.29, 1.82) is 0 Å². The molecule has 0 aliphatic carbocycles. The second kappa shape index (κ2) is 6.71. The predicted molar refractivity (Wildman–Crippen MR) is 92.4 cm³/mol. The number of hydrogen-bond donors (Lipinski definition) is 1. The Morgan fingerprint density at radius 1 is 1.14 bits per heavy atom. The Morgan fingerprint density at radius 2 is 1.95 bits per heavy atom. The van der Waals surface area contributed by atoms with Gasteiger partial charge in [-0.3, -0.25) is 4.79 Å². The summed E-state index contributed by atoms with van der Waals surface area (Å²) in [5, 5.41) is 3.59. The van der Waals surface area contributed by atoms with Crippen LogP contribution in [0, 0.1) is 0 Å². The zero-order chi connectivity index (χ0) is 15.4. The van der Waals surface area contributed by atoms with E-state index in [4.69, 9.17) is 0 Å². The molecule has 4 heteroatoms. The first-order valence-corrected chi connectivity index (χ1v) is 8.29. The van der Waals surface area contributed by atoms with Crippen molar-refractivity contribution in [2.24, 2.45) is 0 Å². The van der Waals surface area contributed by atoms with Gasteiger partial charge in [-0.2, -0.15) is 0 Å². The van der Waals surface area contributed by atoms with Crippen molar-refractivity contribution >= 4 is 32.6 Å². The van der Waals surface area contributed by atoms with Crippen LogP contribution in [0.1, 0.15) is 24.5 Å². The van der Waals surface area contributed by atoms with E-state index in [0.29, 0.717) is 11.6 Å². The molecular formula is C18H18N2OS. The van der Waals surface area contributed by atoms with Crippen molar-refractivity contribution in [2.75, 3.05) is 5.32 Å². The maximum atomic E-state index is 12.0. The monoisotopic (exact) mass is 310 g/mol. The largest absolute Gasteiger partial charge is 0.302 e. The number of benzene rings is 2. The molecule has 0 saturated carbocycles. The molecule has 3 rings (SSSR count). The van der Waals surface area contributed by atoms with E-state index in [9.17, 15) is 4.79 Å². The standard InChI is InChI=1S/C18H18N2OS/c1-2-13-8-10-15-16(12-13)22-18(19-15)20-17(21)11-9-14-6-4-3-5-7-14/h3-8,10,12H,2,9,11H2,1H3,(H,19,20,21). The van der Waals surface area contributed by atoms with E-state index >= 15 is 0 Å². The zero-order valence-electron chi connectivity index (χ0n) is 12.5. The minimum absolute atomic E-state index is 0.0126. The van der Waals surface area contributed by atoms with Crippen LogP contribution in [0.3, 0.4) is 0 Å². The summed E-state index contributed by atoms with van der Waals surface area (Å²) in [5.41, 5.74) is 3.41. The number of amides is 1. The molecule has 0 aliphatic rings. The summed E-state index contributed by atoms with van der Waals surface area (Å²) < 4.78 is 1.12. The van der Waals surface area contributed by atoms with Crippen LogP contribution in [-0.4, -0.2) is 10.9 Å². The van der Waals surface area contributed by atoms with Gasteiger partial charge in [-0.1, -0.05) is 54.7 Å². The highest BCUT2D eigenvalue weighted by atomic mass is 32.1. The van der Waals surface area contributed by atoms with Crippen LogP contribution in [0.25, 0.3) is 10.2 Å². The van der Waals surface area contributed by atoms with Gasteiger partial charge in [0.15, 0.2) is 5.13 Å². The lowest BCUT2D eigenvalue weighted by Crippen LogP contribution is -2.11. The molecule has 3 nitrogen and oxygen atoms in total. The molecule has 0 bridgehead atoms. The van der Waals surface area contributed by atoms with Crippen molar-refractivity contribution in [2.45, 2.75) is 26.2 Å². The van der Waals surface area contributed by atoms with Crippen molar-refractivity contribution in [3.05, 3.63) is 59.7 Å². The fourth-order valence-corrected chi connectivity index (χ4v) is 3.27. The number of carbonyl (C=O) groups excluding carboxylic acids is 1. The minimum atomic E-state index is 0.0126.